The number of hydrogen-bond donors (Lipinski definition) is 2. The van der Waals surface area contributed by atoms with Crippen LogP contribution in [-0.2, 0) is 15.6 Å². The van der Waals surface area contributed by atoms with Crippen molar-refractivity contribution in [1.29, 1.82) is 0 Å². The molecule has 0 fully saturated rings. The summed E-state index contributed by atoms with van der Waals surface area (Å²) in [6.07, 6.45) is 1.26. The van der Waals surface area contributed by atoms with Gasteiger partial charge in [-0.1, -0.05) is 13.8 Å². The highest BCUT2D eigenvalue weighted by Crippen LogP contribution is 2.36. The van der Waals surface area contributed by atoms with Crippen molar-refractivity contribution < 1.29 is 22.9 Å². The van der Waals surface area contributed by atoms with Crippen molar-refractivity contribution in [2.45, 2.75) is 90.7 Å². The Morgan fingerprint density at radius 2 is 1.80 bits per heavy atom. The lowest BCUT2D eigenvalue weighted by molar-refractivity contribution is -0.385. The average molecular weight is 510 g/mol. The number of amides is 1. The highest BCUT2D eigenvalue weighted by atomic mass is 32.2. The van der Waals surface area contributed by atoms with Crippen LogP contribution in [0.2, 0.25) is 0 Å². The van der Waals surface area contributed by atoms with Gasteiger partial charge in [0, 0.05) is 29.8 Å². The minimum absolute atomic E-state index is 0.0656. The Morgan fingerprint density at radius 1 is 1.20 bits per heavy atom. The van der Waals surface area contributed by atoms with E-state index in [1.165, 1.54) is 16.8 Å². The van der Waals surface area contributed by atoms with Gasteiger partial charge < -0.3 is 10.1 Å². The van der Waals surface area contributed by atoms with Crippen LogP contribution in [0.3, 0.4) is 0 Å². The highest BCUT2D eigenvalue weighted by Gasteiger charge is 2.31. The number of carbonyl (C=O) groups excluding carboxylic acids is 1. The van der Waals surface area contributed by atoms with E-state index in [1.807, 2.05) is 41.5 Å². The van der Waals surface area contributed by atoms with Gasteiger partial charge in [-0.15, -0.1) is 0 Å². The summed E-state index contributed by atoms with van der Waals surface area (Å²) in [7, 11) is -4.16. The van der Waals surface area contributed by atoms with E-state index in [-0.39, 0.29) is 34.2 Å². The number of hydrogen-bond acceptors (Lipinski definition) is 7. The van der Waals surface area contributed by atoms with Crippen LogP contribution in [0.4, 0.5) is 5.69 Å². The second-order valence-corrected chi connectivity index (χ2v) is 11.2. The lowest BCUT2D eigenvalue weighted by Gasteiger charge is -2.23. The molecule has 2 aromatic rings. The third-order valence-electron chi connectivity index (χ3n) is 5.51. The van der Waals surface area contributed by atoms with E-state index in [1.54, 1.807) is 13.8 Å². The molecule has 0 spiro atoms. The Labute approximate surface area is 206 Å². The van der Waals surface area contributed by atoms with Gasteiger partial charge in [0.2, 0.25) is 15.9 Å². The number of non-ortho nitro benzene ring substituents is 1. The first-order valence-electron chi connectivity index (χ1n) is 11.5. The molecule has 0 saturated carbocycles. The second-order valence-electron chi connectivity index (χ2n) is 9.56. The molecule has 1 heterocycles. The molecule has 1 aromatic heterocycles. The standard InChI is InChI=1S/C23H35N5O6S/c1-9-14(3)24-21(29)20-16(5)22(27(25-20)23(6,7)8)34-18-12-11-17(28(30)31)13-19(18)35(32,33)26-15(4)10-2/h11-15,26H,9-10H2,1-8H3,(H,24,29)/t14-,15-/m0/s1. The minimum atomic E-state index is -4.16. The van der Waals surface area contributed by atoms with E-state index < -0.39 is 32.2 Å². The quantitative estimate of drug-likeness (QED) is 0.359. The molecular formula is C23H35N5O6S. The summed E-state index contributed by atoms with van der Waals surface area (Å²) < 4.78 is 36.3. The molecule has 1 aromatic carbocycles. The molecule has 12 heteroatoms. The lowest BCUT2D eigenvalue weighted by Crippen LogP contribution is -2.33. The van der Waals surface area contributed by atoms with Crippen LogP contribution in [0.1, 0.15) is 77.4 Å². The molecule has 2 atom stereocenters. The Balaban J connectivity index is 2.68. The molecule has 1 amide bonds. The highest BCUT2D eigenvalue weighted by molar-refractivity contribution is 7.89. The predicted molar refractivity (Wildman–Crippen MR) is 132 cm³/mol. The number of sulfonamides is 1. The summed E-state index contributed by atoms with van der Waals surface area (Å²) in [6, 6.07) is 2.90. The van der Waals surface area contributed by atoms with E-state index in [9.17, 15) is 23.3 Å². The van der Waals surface area contributed by atoms with Crippen LogP contribution in [0.5, 0.6) is 11.6 Å². The van der Waals surface area contributed by atoms with Crippen molar-refractivity contribution in [2.24, 2.45) is 0 Å². The van der Waals surface area contributed by atoms with Crippen LogP contribution in [0.15, 0.2) is 23.1 Å². The molecule has 0 bridgehead atoms. The zero-order valence-electron chi connectivity index (χ0n) is 21.5. The smallest absolute Gasteiger partial charge is 0.272 e. The summed E-state index contributed by atoms with van der Waals surface area (Å²) in [6.45, 7) is 14.6. The van der Waals surface area contributed by atoms with Crippen LogP contribution in [0, 0.1) is 17.0 Å². The fraction of sp³-hybridized carbons (Fsp3) is 0.565. The predicted octanol–water partition coefficient (Wildman–Crippen LogP) is 4.25. The molecule has 0 aliphatic carbocycles. The van der Waals surface area contributed by atoms with E-state index >= 15 is 0 Å². The molecule has 0 unspecified atom stereocenters. The Morgan fingerprint density at radius 3 is 2.31 bits per heavy atom. The molecule has 2 rings (SSSR count). The molecule has 0 aliphatic rings. The van der Waals surface area contributed by atoms with Crippen LogP contribution < -0.4 is 14.8 Å². The maximum atomic E-state index is 13.1. The number of nitro benzene ring substituents is 1. The summed E-state index contributed by atoms with van der Waals surface area (Å²) in [5, 5.41) is 18.7. The second kappa shape index (κ2) is 10.7. The van der Waals surface area contributed by atoms with Gasteiger partial charge in [-0.25, -0.2) is 17.8 Å². The molecule has 11 nitrogen and oxygen atoms in total. The number of benzene rings is 1. The zero-order chi connectivity index (χ0) is 26.7. The fourth-order valence-electron chi connectivity index (χ4n) is 3.09. The molecular weight excluding hydrogens is 474 g/mol. The van der Waals surface area contributed by atoms with Crippen molar-refractivity contribution in [3.8, 4) is 11.6 Å². The van der Waals surface area contributed by atoms with Gasteiger partial charge in [0.15, 0.2) is 5.69 Å². The molecule has 0 aliphatic heterocycles. The van der Waals surface area contributed by atoms with Crippen molar-refractivity contribution in [3.05, 3.63) is 39.6 Å². The number of carbonyl (C=O) groups is 1. The Kier molecular flexibility index (Phi) is 8.66. The first kappa shape index (κ1) is 28.2. The van der Waals surface area contributed by atoms with Crippen molar-refractivity contribution in [3.63, 3.8) is 0 Å². The summed E-state index contributed by atoms with van der Waals surface area (Å²) in [4.78, 5) is 23.2. The maximum absolute atomic E-state index is 13.1. The third kappa shape index (κ3) is 6.57. The number of aromatic nitrogens is 2. The normalized spacial score (nSPS) is 13.8. The van der Waals surface area contributed by atoms with Gasteiger partial charge in [0.1, 0.15) is 10.6 Å². The molecule has 0 radical (unpaired) electrons. The van der Waals surface area contributed by atoms with Gasteiger partial charge in [0.05, 0.1) is 10.5 Å². The van der Waals surface area contributed by atoms with E-state index in [4.69, 9.17) is 4.74 Å². The van der Waals surface area contributed by atoms with E-state index in [0.29, 0.717) is 12.0 Å². The largest absolute Gasteiger partial charge is 0.438 e. The number of rotatable bonds is 10. The van der Waals surface area contributed by atoms with Crippen molar-refractivity contribution >= 4 is 21.6 Å². The maximum Gasteiger partial charge on any atom is 0.272 e. The van der Waals surface area contributed by atoms with Gasteiger partial charge in [-0.2, -0.15) is 5.10 Å². The van der Waals surface area contributed by atoms with Crippen LogP contribution in [0.25, 0.3) is 0 Å². The Hall–Kier alpha value is -2.99. The SMILES string of the molecule is CC[C@H](C)NC(=O)c1nn(C(C)(C)C)c(Oc2ccc([N+](=O)[O-])cc2S(=O)(=O)N[C@@H](C)CC)c1C. The number of nitrogens with zero attached hydrogens (tertiary/aromatic N) is 3. The number of nitro groups is 1. The number of nitrogens with one attached hydrogen (secondary N) is 2. The average Bonchev–Trinajstić information content (AvgIpc) is 3.09. The van der Waals surface area contributed by atoms with E-state index in [0.717, 1.165) is 12.5 Å². The van der Waals surface area contributed by atoms with Gasteiger partial charge >= 0.3 is 0 Å². The molecule has 35 heavy (non-hydrogen) atoms. The molecule has 194 valence electrons. The number of ether oxygens (including phenoxy) is 1. The van der Waals surface area contributed by atoms with Crippen molar-refractivity contribution in [1.82, 2.24) is 19.8 Å². The van der Waals surface area contributed by atoms with Gasteiger partial charge in [-0.3, -0.25) is 14.9 Å². The third-order valence-corrected chi connectivity index (χ3v) is 7.12. The monoisotopic (exact) mass is 509 g/mol. The summed E-state index contributed by atoms with van der Waals surface area (Å²) in [5.74, 6) is -0.325. The zero-order valence-corrected chi connectivity index (χ0v) is 22.3. The fourth-order valence-corrected chi connectivity index (χ4v) is 4.56. The Bertz CT molecular complexity index is 1200. The molecule has 0 saturated heterocycles. The van der Waals surface area contributed by atoms with E-state index in [2.05, 4.69) is 15.1 Å². The van der Waals surface area contributed by atoms with Crippen LogP contribution >= 0.6 is 0 Å². The summed E-state index contributed by atoms with van der Waals surface area (Å²) >= 11 is 0. The van der Waals surface area contributed by atoms with Gasteiger partial charge in [-0.05, 0) is 60.5 Å². The topological polar surface area (TPSA) is 145 Å². The van der Waals surface area contributed by atoms with Crippen LogP contribution in [-0.4, -0.2) is 41.1 Å². The first-order chi connectivity index (χ1) is 16.1. The first-order valence-corrected chi connectivity index (χ1v) is 13.0. The lowest BCUT2D eigenvalue weighted by atomic mass is 10.1. The minimum Gasteiger partial charge on any atom is -0.438 e. The van der Waals surface area contributed by atoms with Crippen molar-refractivity contribution in [2.75, 3.05) is 0 Å². The molecule has 2 N–H and O–H groups in total. The summed E-state index contributed by atoms with van der Waals surface area (Å²) in [5.41, 5.74) is -0.447. The van der Waals surface area contributed by atoms with Gasteiger partial charge in [0.25, 0.3) is 11.6 Å².